The van der Waals surface area contributed by atoms with Crippen LogP contribution in [-0.2, 0) is 11.2 Å². The standard InChI is InChI=1S/C19H23NO5/c1-19-8-7-10-11(14(19)5-6-16(19)21)3-4-12-13(10)9-15(25-2)18(22)17(12)20(23)24/h9-11,14,22H,3-8H2,1-2H3/t10-,11+,14-,19-/m0/s1. The van der Waals surface area contributed by atoms with Crippen LogP contribution >= 0.6 is 0 Å². The van der Waals surface area contributed by atoms with Gasteiger partial charge in [0, 0.05) is 17.4 Å². The van der Waals surface area contributed by atoms with Gasteiger partial charge < -0.3 is 9.84 Å². The molecule has 0 aliphatic heterocycles. The quantitative estimate of drug-likeness (QED) is 0.651. The van der Waals surface area contributed by atoms with Crippen LogP contribution < -0.4 is 4.74 Å². The fourth-order valence-corrected chi connectivity index (χ4v) is 5.80. The van der Waals surface area contributed by atoms with E-state index in [0.29, 0.717) is 36.0 Å². The number of nitrogens with zero attached hydrogens (tertiary/aromatic N) is 1. The van der Waals surface area contributed by atoms with Crippen LogP contribution in [0.3, 0.4) is 0 Å². The van der Waals surface area contributed by atoms with E-state index >= 15 is 0 Å². The smallest absolute Gasteiger partial charge is 0.318 e. The molecule has 1 aromatic carbocycles. The highest BCUT2D eigenvalue weighted by Gasteiger charge is 2.55. The van der Waals surface area contributed by atoms with Gasteiger partial charge in [-0.2, -0.15) is 0 Å². The summed E-state index contributed by atoms with van der Waals surface area (Å²) in [6.45, 7) is 2.11. The number of carbonyl (C=O) groups excluding carboxylic acids is 1. The number of ether oxygens (including phenoxy) is 1. The topological polar surface area (TPSA) is 89.7 Å². The number of benzene rings is 1. The minimum atomic E-state index is -0.497. The molecule has 0 bridgehead atoms. The summed E-state index contributed by atoms with van der Waals surface area (Å²) in [7, 11) is 1.42. The van der Waals surface area contributed by atoms with E-state index in [1.165, 1.54) is 7.11 Å². The van der Waals surface area contributed by atoms with Crippen LogP contribution in [0.5, 0.6) is 11.5 Å². The van der Waals surface area contributed by atoms with Crippen molar-refractivity contribution in [2.75, 3.05) is 7.11 Å². The Bertz CT molecular complexity index is 774. The fourth-order valence-electron chi connectivity index (χ4n) is 5.80. The van der Waals surface area contributed by atoms with E-state index in [9.17, 15) is 20.0 Å². The van der Waals surface area contributed by atoms with E-state index in [2.05, 4.69) is 6.92 Å². The molecule has 2 saturated carbocycles. The van der Waals surface area contributed by atoms with Crippen molar-refractivity contribution in [1.82, 2.24) is 0 Å². The van der Waals surface area contributed by atoms with Gasteiger partial charge >= 0.3 is 5.69 Å². The lowest BCUT2D eigenvalue weighted by Gasteiger charge is -2.48. The summed E-state index contributed by atoms with van der Waals surface area (Å²) < 4.78 is 5.20. The van der Waals surface area contributed by atoms with Crippen LogP contribution in [0.4, 0.5) is 5.69 Å². The third-order valence-electron chi connectivity index (χ3n) is 7.05. The summed E-state index contributed by atoms with van der Waals surface area (Å²) in [5, 5.41) is 21.8. The van der Waals surface area contributed by atoms with Gasteiger partial charge in [-0.05, 0) is 61.5 Å². The second kappa shape index (κ2) is 5.44. The van der Waals surface area contributed by atoms with Crippen molar-refractivity contribution in [1.29, 1.82) is 0 Å². The zero-order valence-corrected chi connectivity index (χ0v) is 14.6. The van der Waals surface area contributed by atoms with Gasteiger partial charge in [0.05, 0.1) is 12.0 Å². The molecule has 4 rings (SSSR count). The first-order valence-corrected chi connectivity index (χ1v) is 8.99. The predicted molar refractivity (Wildman–Crippen MR) is 90.9 cm³/mol. The van der Waals surface area contributed by atoms with Crippen LogP contribution in [0.25, 0.3) is 0 Å². The van der Waals surface area contributed by atoms with Crippen molar-refractivity contribution in [3.8, 4) is 11.5 Å². The highest BCUT2D eigenvalue weighted by molar-refractivity contribution is 5.87. The third-order valence-corrected chi connectivity index (χ3v) is 7.05. The molecule has 3 aliphatic rings. The fraction of sp³-hybridized carbons (Fsp3) is 0.632. The minimum absolute atomic E-state index is 0.168. The van der Waals surface area contributed by atoms with Gasteiger partial charge in [-0.25, -0.2) is 0 Å². The molecule has 6 heteroatoms. The van der Waals surface area contributed by atoms with E-state index in [1.807, 2.05) is 0 Å². The molecule has 0 heterocycles. The second-order valence-corrected chi connectivity index (χ2v) is 7.93. The number of carbonyl (C=O) groups is 1. The SMILES string of the molecule is COc1cc2c(c([N+](=O)[O-])c1O)CC[C@@H]1[C@@H]2CC[C@]2(C)C(=O)CC[C@@H]12. The molecule has 134 valence electrons. The summed E-state index contributed by atoms with van der Waals surface area (Å²) in [6, 6.07) is 1.79. The Morgan fingerprint density at radius 2 is 2.08 bits per heavy atom. The Kier molecular flexibility index (Phi) is 3.56. The first-order valence-electron chi connectivity index (χ1n) is 8.99. The number of nitro benzene ring substituents is 1. The Morgan fingerprint density at radius 3 is 2.76 bits per heavy atom. The summed E-state index contributed by atoms with van der Waals surface area (Å²) in [4.78, 5) is 23.4. The van der Waals surface area contributed by atoms with Gasteiger partial charge in [0.15, 0.2) is 5.75 Å². The molecule has 25 heavy (non-hydrogen) atoms. The average Bonchev–Trinajstić information content (AvgIpc) is 2.89. The van der Waals surface area contributed by atoms with Crippen LogP contribution in [0.2, 0.25) is 0 Å². The van der Waals surface area contributed by atoms with E-state index < -0.39 is 4.92 Å². The lowest BCUT2D eigenvalue weighted by atomic mass is 9.55. The van der Waals surface area contributed by atoms with Crippen molar-refractivity contribution in [2.24, 2.45) is 17.3 Å². The molecule has 1 N–H and O–H groups in total. The molecule has 0 saturated heterocycles. The first-order chi connectivity index (χ1) is 11.9. The lowest BCUT2D eigenvalue weighted by Crippen LogP contribution is -2.42. The second-order valence-electron chi connectivity index (χ2n) is 7.93. The molecule has 0 aromatic heterocycles. The minimum Gasteiger partial charge on any atom is -0.500 e. The van der Waals surface area contributed by atoms with Crippen LogP contribution in [0, 0.1) is 27.4 Å². The number of aromatic hydroxyl groups is 1. The van der Waals surface area contributed by atoms with Crippen LogP contribution in [-0.4, -0.2) is 22.9 Å². The lowest BCUT2D eigenvalue weighted by molar-refractivity contribution is -0.386. The van der Waals surface area contributed by atoms with Gasteiger partial charge in [-0.15, -0.1) is 0 Å². The largest absolute Gasteiger partial charge is 0.500 e. The molecule has 1 aromatic rings. The molecule has 0 unspecified atom stereocenters. The van der Waals surface area contributed by atoms with E-state index in [-0.39, 0.29) is 28.5 Å². The summed E-state index contributed by atoms with van der Waals surface area (Å²) in [6.07, 6.45) is 4.72. The van der Waals surface area contributed by atoms with Gasteiger partial charge in [0.2, 0.25) is 5.75 Å². The highest BCUT2D eigenvalue weighted by Crippen LogP contribution is 2.61. The molecule has 0 radical (unpaired) electrons. The normalized spacial score (nSPS) is 33.4. The third kappa shape index (κ3) is 2.12. The Hall–Kier alpha value is -2.11. The number of phenolic OH excluding ortho intramolecular Hbond substituents is 1. The molecule has 2 fully saturated rings. The number of fused-ring (bicyclic) bond motifs is 5. The van der Waals surface area contributed by atoms with Gasteiger partial charge in [-0.3, -0.25) is 14.9 Å². The van der Waals surface area contributed by atoms with Crippen molar-refractivity contribution in [2.45, 2.75) is 51.4 Å². The first kappa shape index (κ1) is 16.4. The number of phenols is 1. The summed E-state index contributed by atoms with van der Waals surface area (Å²) in [5.74, 6) is 1.14. The molecular formula is C19H23NO5. The maximum absolute atomic E-state index is 12.4. The van der Waals surface area contributed by atoms with Crippen molar-refractivity contribution in [3.63, 3.8) is 0 Å². The number of ketones is 1. The summed E-state index contributed by atoms with van der Waals surface area (Å²) in [5.41, 5.74) is 1.17. The van der Waals surface area contributed by atoms with Crippen molar-refractivity contribution in [3.05, 3.63) is 27.3 Å². The zero-order chi connectivity index (χ0) is 17.9. The molecule has 0 amide bonds. The Labute approximate surface area is 146 Å². The summed E-state index contributed by atoms with van der Waals surface area (Å²) >= 11 is 0. The molecule has 4 atom stereocenters. The molecule has 6 nitrogen and oxygen atoms in total. The maximum atomic E-state index is 12.4. The van der Waals surface area contributed by atoms with Crippen LogP contribution in [0.15, 0.2) is 6.07 Å². The highest BCUT2D eigenvalue weighted by atomic mass is 16.6. The number of rotatable bonds is 2. The number of Topliss-reactive ketones (excluding diaryl/α,β-unsaturated/α-hetero) is 1. The van der Waals surface area contributed by atoms with Crippen LogP contribution in [0.1, 0.15) is 56.1 Å². The Balaban J connectivity index is 1.82. The van der Waals surface area contributed by atoms with E-state index in [4.69, 9.17) is 4.74 Å². The number of hydrogen-bond donors (Lipinski definition) is 1. The van der Waals surface area contributed by atoms with Crippen molar-refractivity contribution < 1.29 is 19.6 Å². The van der Waals surface area contributed by atoms with Crippen molar-refractivity contribution >= 4 is 11.5 Å². The van der Waals surface area contributed by atoms with Gasteiger partial charge in [0.1, 0.15) is 5.78 Å². The molecule has 3 aliphatic carbocycles. The van der Waals surface area contributed by atoms with Gasteiger partial charge in [-0.1, -0.05) is 6.92 Å². The number of nitro groups is 1. The zero-order valence-electron chi connectivity index (χ0n) is 14.6. The average molecular weight is 345 g/mol. The maximum Gasteiger partial charge on any atom is 0.318 e. The number of hydrogen-bond acceptors (Lipinski definition) is 5. The molecular weight excluding hydrogens is 322 g/mol. The Morgan fingerprint density at radius 1 is 1.32 bits per heavy atom. The van der Waals surface area contributed by atoms with E-state index in [1.54, 1.807) is 6.07 Å². The van der Waals surface area contributed by atoms with Gasteiger partial charge in [0.25, 0.3) is 0 Å². The molecule has 0 spiro atoms. The van der Waals surface area contributed by atoms with E-state index in [0.717, 1.165) is 31.2 Å². The number of methoxy groups -OCH3 is 1. The monoisotopic (exact) mass is 345 g/mol. The predicted octanol–water partition coefficient (Wildman–Crippen LogP) is 3.73.